The van der Waals surface area contributed by atoms with Crippen molar-refractivity contribution in [2.24, 2.45) is 5.92 Å². The van der Waals surface area contributed by atoms with Crippen molar-refractivity contribution >= 4 is 23.6 Å². The highest BCUT2D eigenvalue weighted by atomic mass is 16.2. The van der Waals surface area contributed by atoms with Crippen LogP contribution in [0, 0.1) is 5.92 Å². The minimum absolute atomic E-state index is 0.123. The van der Waals surface area contributed by atoms with Crippen molar-refractivity contribution in [1.82, 2.24) is 20.4 Å². The predicted molar refractivity (Wildman–Crippen MR) is 108 cm³/mol. The average molecular weight is 410 g/mol. The fourth-order valence-corrected chi connectivity index (χ4v) is 5.78. The first kappa shape index (κ1) is 19.4. The molecule has 1 aliphatic carbocycles. The summed E-state index contributed by atoms with van der Waals surface area (Å²) in [7, 11) is 2.02. The summed E-state index contributed by atoms with van der Waals surface area (Å²) in [5, 5.41) is 5.75. The number of imide groups is 2. The lowest BCUT2D eigenvalue weighted by atomic mass is 9.90. The lowest BCUT2D eigenvalue weighted by Gasteiger charge is -2.40. The van der Waals surface area contributed by atoms with Gasteiger partial charge in [0.25, 0.3) is 11.8 Å². The van der Waals surface area contributed by atoms with Gasteiger partial charge >= 0.3 is 0 Å². The Hall–Kier alpha value is -2.58. The summed E-state index contributed by atoms with van der Waals surface area (Å²) in [5.74, 6) is -1.17. The van der Waals surface area contributed by atoms with Gasteiger partial charge in [-0.05, 0) is 50.3 Å². The van der Waals surface area contributed by atoms with Crippen molar-refractivity contribution in [1.29, 1.82) is 0 Å². The summed E-state index contributed by atoms with van der Waals surface area (Å²) in [6.45, 7) is 2.51. The summed E-state index contributed by atoms with van der Waals surface area (Å²) >= 11 is 0. The number of benzene rings is 1. The van der Waals surface area contributed by atoms with Crippen molar-refractivity contribution in [3.8, 4) is 0 Å². The van der Waals surface area contributed by atoms with Gasteiger partial charge < -0.3 is 5.32 Å². The van der Waals surface area contributed by atoms with Crippen LogP contribution in [0.1, 0.15) is 58.4 Å². The number of hydrogen-bond donors (Lipinski definition) is 2. The SMILES string of the molecule is CNC12CCC(CN(Cc3cccc4c3C(=O)N(C3CCC(=O)NC3=O)C4=O)C1)C2. The molecular formula is C22H26N4O4. The van der Waals surface area contributed by atoms with Gasteiger partial charge in [0.1, 0.15) is 6.04 Å². The number of carbonyl (C=O) groups excluding carboxylic acids is 4. The quantitative estimate of drug-likeness (QED) is 0.708. The van der Waals surface area contributed by atoms with Crippen molar-refractivity contribution < 1.29 is 19.2 Å². The fourth-order valence-electron chi connectivity index (χ4n) is 5.78. The van der Waals surface area contributed by atoms with E-state index in [4.69, 9.17) is 0 Å². The normalized spacial score (nSPS) is 31.3. The third-order valence-electron chi connectivity index (χ3n) is 7.23. The summed E-state index contributed by atoms with van der Waals surface area (Å²) in [4.78, 5) is 53.5. The molecule has 3 aliphatic heterocycles. The van der Waals surface area contributed by atoms with E-state index in [1.165, 1.54) is 12.8 Å². The maximum atomic E-state index is 13.3. The largest absolute Gasteiger partial charge is 0.313 e. The molecule has 3 unspecified atom stereocenters. The minimum Gasteiger partial charge on any atom is -0.313 e. The highest BCUT2D eigenvalue weighted by molar-refractivity contribution is 6.24. The van der Waals surface area contributed by atoms with Crippen molar-refractivity contribution in [2.45, 2.75) is 50.2 Å². The second kappa shape index (κ2) is 6.99. The first-order valence-electron chi connectivity index (χ1n) is 10.7. The van der Waals surface area contributed by atoms with Crippen LogP contribution >= 0.6 is 0 Å². The standard InChI is InChI=1S/C22H26N4O4/c1-23-22-8-7-13(9-22)10-25(12-22)11-14-3-2-4-15-18(14)21(30)26(20(15)29)16-5-6-17(27)24-19(16)28/h2-4,13,16,23H,5-12H2,1H3,(H,24,27,28). The highest BCUT2D eigenvalue weighted by Gasteiger charge is 2.47. The molecule has 4 aliphatic rings. The molecule has 1 aromatic carbocycles. The van der Waals surface area contributed by atoms with Gasteiger partial charge in [0.05, 0.1) is 11.1 Å². The molecule has 158 valence electrons. The van der Waals surface area contributed by atoms with Gasteiger partial charge in [0, 0.05) is 31.6 Å². The summed E-state index contributed by atoms with van der Waals surface area (Å²) in [5.41, 5.74) is 1.72. The van der Waals surface area contributed by atoms with Crippen LogP contribution in [0.25, 0.3) is 0 Å². The van der Waals surface area contributed by atoms with E-state index < -0.39 is 23.8 Å². The third-order valence-corrected chi connectivity index (χ3v) is 7.23. The number of likely N-dealkylation sites (N-methyl/N-ethyl adjacent to an activating group) is 1. The molecule has 3 atom stereocenters. The van der Waals surface area contributed by atoms with Crippen LogP contribution in [-0.4, -0.2) is 65.1 Å². The number of nitrogens with zero attached hydrogens (tertiary/aromatic N) is 2. The lowest BCUT2D eigenvalue weighted by molar-refractivity contribution is -0.136. The summed E-state index contributed by atoms with van der Waals surface area (Å²) in [6.07, 6.45) is 3.86. The van der Waals surface area contributed by atoms with Crippen LogP contribution < -0.4 is 10.6 Å². The molecule has 8 nitrogen and oxygen atoms in total. The second-order valence-corrected chi connectivity index (χ2v) is 9.10. The number of fused-ring (bicyclic) bond motifs is 3. The Labute approximate surface area is 175 Å². The molecule has 8 heteroatoms. The zero-order valence-corrected chi connectivity index (χ0v) is 17.1. The molecule has 2 N–H and O–H groups in total. The van der Waals surface area contributed by atoms with Crippen molar-refractivity contribution in [3.05, 3.63) is 34.9 Å². The van der Waals surface area contributed by atoms with Gasteiger partial charge in [0.2, 0.25) is 11.8 Å². The topological polar surface area (TPSA) is 98.8 Å². The van der Waals surface area contributed by atoms with E-state index in [9.17, 15) is 19.2 Å². The third kappa shape index (κ3) is 2.97. The van der Waals surface area contributed by atoms with Crippen molar-refractivity contribution in [2.75, 3.05) is 20.1 Å². The molecule has 0 radical (unpaired) electrons. The van der Waals surface area contributed by atoms with Gasteiger partial charge in [-0.25, -0.2) is 0 Å². The van der Waals surface area contributed by atoms with Crippen molar-refractivity contribution in [3.63, 3.8) is 0 Å². The van der Waals surface area contributed by atoms with E-state index in [1.54, 1.807) is 12.1 Å². The van der Waals surface area contributed by atoms with Crippen LogP contribution in [0.5, 0.6) is 0 Å². The molecule has 2 bridgehead atoms. The Bertz CT molecular complexity index is 960. The maximum absolute atomic E-state index is 13.3. The van der Waals surface area contributed by atoms with E-state index in [2.05, 4.69) is 15.5 Å². The number of rotatable bonds is 4. The molecule has 1 saturated carbocycles. The molecule has 3 fully saturated rings. The first-order chi connectivity index (χ1) is 14.4. The zero-order valence-electron chi connectivity index (χ0n) is 17.1. The van der Waals surface area contributed by atoms with Gasteiger partial charge in [-0.15, -0.1) is 0 Å². The van der Waals surface area contributed by atoms with E-state index in [0.29, 0.717) is 23.6 Å². The van der Waals surface area contributed by atoms with Gasteiger partial charge in [-0.2, -0.15) is 0 Å². The Morgan fingerprint density at radius 1 is 1.17 bits per heavy atom. The number of hydrogen-bond acceptors (Lipinski definition) is 6. The smallest absolute Gasteiger partial charge is 0.262 e. The van der Waals surface area contributed by atoms with E-state index >= 15 is 0 Å². The van der Waals surface area contributed by atoms with E-state index in [1.807, 2.05) is 13.1 Å². The van der Waals surface area contributed by atoms with Crippen LogP contribution in [0.2, 0.25) is 0 Å². The van der Waals surface area contributed by atoms with Gasteiger partial charge in [-0.1, -0.05) is 12.1 Å². The second-order valence-electron chi connectivity index (χ2n) is 9.10. The minimum atomic E-state index is -0.929. The number of carbonyl (C=O) groups is 4. The first-order valence-corrected chi connectivity index (χ1v) is 10.7. The maximum Gasteiger partial charge on any atom is 0.262 e. The summed E-state index contributed by atoms with van der Waals surface area (Å²) < 4.78 is 0. The zero-order chi connectivity index (χ0) is 21.0. The molecule has 2 saturated heterocycles. The molecule has 0 spiro atoms. The van der Waals surface area contributed by atoms with Crippen LogP contribution in [0.4, 0.5) is 0 Å². The van der Waals surface area contributed by atoms with Gasteiger partial charge in [0.15, 0.2) is 0 Å². The average Bonchev–Trinajstić information content (AvgIpc) is 3.17. The monoisotopic (exact) mass is 410 g/mol. The molecule has 1 aromatic rings. The number of nitrogens with one attached hydrogen (secondary N) is 2. The van der Waals surface area contributed by atoms with Crippen LogP contribution in [0.3, 0.4) is 0 Å². The molecule has 4 amide bonds. The molecular weight excluding hydrogens is 384 g/mol. The Kier molecular flexibility index (Phi) is 4.52. The molecule has 30 heavy (non-hydrogen) atoms. The van der Waals surface area contributed by atoms with Gasteiger partial charge in [-0.3, -0.25) is 34.3 Å². The van der Waals surface area contributed by atoms with E-state index in [0.717, 1.165) is 30.0 Å². The Morgan fingerprint density at radius 3 is 2.77 bits per heavy atom. The molecule has 0 aromatic heterocycles. The number of likely N-dealkylation sites (tertiary alicyclic amines) is 1. The Morgan fingerprint density at radius 2 is 2.00 bits per heavy atom. The fraction of sp³-hybridized carbons (Fsp3) is 0.545. The summed E-state index contributed by atoms with van der Waals surface area (Å²) in [6, 6.07) is 4.43. The van der Waals surface area contributed by atoms with Crippen LogP contribution in [0.15, 0.2) is 18.2 Å². The van der Waals surface area contributed by atoms with Crippen LogP contribution in [-0.2, 0) is 16.1 Å². The number of piperidine rings is 2. The Balaban J connectivity index is 1.41. The molecule has 3 heterocycles. The van der Waals surface area contributed by atoms with E-state index in [-0.39, 0.29) is 24.3 Å². The lowest BCUT2D eigenvalue weighted by Crippen LogP contribution is -2.54. The highest BCUT2D eigenvalue weighted by Crippen LogP contribution is 2.40. The predicted octanol–water partition coefficient (Wildman–Crippen LogP) is 0.662. The number of amides is 4. The molecule has 5 rings (SSSR count).